The Labute approximate surface area is 83.3 Å². The van der Waals surface area contributed by atoms with Gasteiger partial charge in [0, 0.05) is 18.5 Å². The van der Waals surface area contributed by atoms with Crippen LogP contribution in [0.3, 0.4) is 0 Å². The van der Waals surface area contributed by atoms with Crippen molar-refractivity contribution in [3.05, 3.63) is 11.1 Å². The van der Waals surface area contributed by atoms with Gasteiger partial charge in [-0.05, 0) is 11.5 Å². The molecule has 0 aliphatic carbocycles. The molecule has 0 radical (unpaired) electrons. The van der Waals surface area contributed by atoms with Crippen LogP contribution < -0.4 is 0 Å². The number of carboxylic acid groups (broad SMARTS) is 1. The molecule has 0 saturated carbocycles. The van der Waals surface area contributed by atoms with Crippen LogP contribution in [0.15, 0.2) is 5.38 Å². The summed E-state index contributed by atoms with van der Waals surface area (Å²) in [6.07, 6.45) is 0. The van der Waals surface area contributed by atoms with Crippen LogP contribution in [0.5, 0.6) is 0 Å². The van der Waals surface area contributed by atoms with Crippen LogP contribution in [0, 0.1) is 5.92 Å². The van der Waals surface area contributed by atoms with Gasteiger partial charge in [-0.3, -0.25) is 9.59 Å². The van der Waals surface area contributed by atoms with Crippen LogP contribution >= 0.6 is 11.5 Å². The van der Waals surface area contributed by atoms with E-state index < -0.39 is 11.9 Å². The molecule has 1 aliphatic rings. The number of carbonyl (C=O) groups is 2. The quantitative estimate of drug-likeness (QED) is 0.728. The maximum atomic E-state index is 11.5. The van der Waals surface area contributed by atoms with Gasteiger partial charge < -0.3 is 10.0 Å². The Morgan fingerprint density at radius 3 is 2.79 bits per heavy atom. The number of hydrogen-bond donors (Lipinski definition) is 1. The standard InChI is InChI=1S/C7H7N3O3S/c11-6(5-3-14-9-8-5)10-1-4(2-10)7(12)13/h3-4H,1-2H2,(H,12,13). The first-order chi connectivity index (χ1) is 6.68. The summed E-state index contributed by atoms with van der Waals surface area (Å²) >= 11 is 1.10. The Morgan fingerprint density at radius 2 is 2.29 bits per heavy atom. The maximum absolute atomic E-state index is 11.5. The van der Waals surface area contributed by atoms with Crippen molar-refractivity contribution in [1.29, 1.82) is 0 Å². The fourth-order valence-corrected chi connectivity index (χ4v) is 1.65. The van der Waals surface area contributed by atoms with E-state index in [4.69, 9.17) is 5.11 Å². The molecule has 1 saturated heterocycles. The zero-order valence-corrected chi connectivity index (χ0v) is 7.90. The van der Waals surface area contributed by atoms with E-state index in [-0.39, 0.29) is 19.0 Å². The van der Waals surface area contributed by atoms with Crippen molar-refractivity contribution in [2.24, 2.45) is 5.92 Å². The SMILES string of the molecule is O=C(O)C1CN(C(=O)c2csnn2)C1. The molecule has 1 aromatic heterocycles. The van der Waals surface area contributed by atoms with Crippen molar-refractivity contribution in [2.45, 2.75) is 0 Å². The summed E-state index contributed by atoms with van der Waals surface area (Å²) in [6, 6.07) is 0. The van der Waals surface area contributed by atoms with Gasteiger partial charge in [0.25, 0.3) is 5.91 Å². The average molecular weight is 213 g/mol. The Morgan fingerprint density at radius 1 is 1.57 bits per heavy atom. The highest BCUT2D eigenvalue weighted by Gasteiger charge is 2.36. The van der Waals surface area contributed by atoms with Crippen molar-refractivity contribution in [3.8, 4) is 0 Å². The summed E-state index contributed by atoms with van der Waals surface area (Å²) in [5.41, 5.74) is 0.291. The number of nitrogens with zero attached hydrogens (tertiary/aromatic N) is 3. The average Bonchev–Trinajstić information content (AvgIpc) is 2.51. The number of carboxylic acids is 1. The summed E-state index contributed by atoms with van der Waals surface area (Å²) < 4.78 is 3.57. The summed E-state index contributed by atoms with van der Waals surface area (Å²) in [4.78, 5) is 23.4. The Kier molecular flexibility index (Phi) is 2.16. The highest BCUT2D eigenvalue weighted by Crippen LogP contribution is 2.18. The van der Waals surface area contributed by atoms with E-state index in [1.54, 1.807) is 5.38 Å². The van der Waals surface area contributed by atoms with Crippen LogP contribution in [-0.4, -0.2) is 44.6 Å². The third-order valence-electron chi connectivity index (χ3n) is 2.10. The van der Waals surface area contributed by atoms with Crippen molar-refractivity contribution in [3.63, 3.8) is 0 Å². The minimum Gasteiger partial charge on any atom is -0.481 e. The lowest BCUT2D eigenvalue weighted by Crippen LogP contribution is -2.53. The Balaban J connectivity index is 1.95. The highest BCUT2D eigenvalue weighted by molar-refractivity contribution is 7.03. The highest BCUT2D eigenvalue weighted by atomic mass is 32.1. The van der Waals surface area contributed by atoms with Gasteiger partial charge in [0.2, 0.25) is 0 Å². The lowest BCUT2D eigenvalue weighted by molar-refractivity contribution is -0.146. The Hall–Kier alpha value is -1.50. The van der Waals surface area contributed by atoms with Crippen molar-refractivity contribution < 1.29 is 14.7 Å². The number of carbonyl (C=O) groups excluding carboxylic acids is 1. The molecule has 0 bridgehead atoms. The second kappa shape index (κ2) is 3.33. The largest absolute Gasteiger partial charge is 0.481 e. The second-order valence-electron chi connectivity index (χ2n) is 3.04. The summed E-state index contributed by atoms with van der Waals surface area (Å²) in [5, 5.41) is 13.8. The van der Waals surface area contributed by atoms with Crippen LogP contribution in [0.4, 0.5) is 0 Å². The molecular formula is C7H7N3O3S. The van der Waals surface area contributed by atoms with Crippen LogP contribution in [-0.2, 0) is 4.79 Å². The molecule has 0 aromatic carbocycles. The first-order valence-electron chi connectivity index (χ1n) is 3.97. The smallest absolute Gasteiger partial charge is 0.310 e. The van der Waals surface area contributed by atoms with Gasteiger partial charge in [0.1, 0.15) is 0 Å². The molecular weight excluding hydrogens is 206 g/mol. The number of aliphatic carboxylic acids is 1. The first kappa shape index (κ1) is 9.07. The van der Waals surface area contributed by atoms with Crippen LogP contribution in [0.25, 0.3) is 0 Å². The lowest BCUT2D eigenvalue weighted by Gasteiger charge is -2.35. The van der Waals surface area contributed by atoms with Crippen LogP contribution in [0.2, 0.25) is 0 Å². The third-order valence-corrected chi connectivity index (χ3v) is 2.60. The summed E-state index contributed by atoms with van der Waals surface area (Å²) in [6.45, 7) is 0.539. The predicted octanol–water partition coefficient (Wildman–Crippen LogP) is -0.305. The first-order valence-corrected chi connectivity index (χ1v) is 4.81. The molecule has 1 aromatic rings. The van der Waals surface area contributed by atoms with E-state index in [1.165, 1.54) is 4.90 Å². The van der Waals surface area contributed by atoms with Gasteiger partial charge in [-0.25, -0.2) is 0 Å². The van der Waals surface area contributed by atoms with E-state index in [2.05, 4.69) is 9.59 Å². The zero-order valence-electron chi connectivity index (χ0n) is 7.08. The Bertz CT molecular complexity index is 358. The molecule has 2 rings (SSSR count). The van der Waals surface area contributed by atoms with E-state index in [0.29, 0.717) is 5.69 Å². The van der Waals surface area contributed by atoms with Crippen molar-refractivity contribution in [1.82, 2.24) is 14.5 Å². The number of aromatic nitrogens is 2. The summed E-state index contributed by atoms with van der Waals surface area (Å²) in [7, 11) is 0. The van der Waals surface area contributed by atoms with Gasteiger partial charge >= 0.3 is 5.97 Å². The fraction of sp³-hybridized carbons (Fsp3) is 0.429. The van der Waals surface area contributed by atoms with Gasteiger partial charge in [-0.1, -0.05) is 4.49 Å². The number of amides is 1. The topological polar surface area (TPSA) is 83.4 Å². The van der Waals surface area contributed by atoms with E-state index in [1.807, 2.05) is 0 Å². The molecule has 6 nitrogen and oxygen atoms in total. The van der Waals surface area contributed by atoms with Crippen molar-refractivity contribution >= 4 is 23.4 Å². The molecule has 74 valence electrons. The second-order valence-corrected chi connectivity index (χ2v) is 3.65. The molecule has 0 spiro atoms. The number of likely N-dealkylation sites (tertiary alicyclic amines) is 1. The molecule has 1 amide bonds. The molecule has 1 N–H and O–H groups in total. The van der Waals surface area contributed by atoms with E-state index >= 15 is 0 Å². The molecule has 1 fully saturated rings. The van der Waals surface area contributed by atoms with Crippen LogP contribution in [0.1, 0.15) is 10.5 Å². The molecule has 0 unspecified atom stereocenters. The molecule has 7 heteroatoms. The molecule has 2 heterocycles. The van der Waals surface area contributed by atoms with Gasteiger partial charge in [0.15, 0.2) is 5.69 Å². The third kappa shape index (κ3) is 1.46. The van der Waals surface area contributed by atoms with Gasteiger partial charge in [0.05, 0.1) is 5.92 Å². The van der Waals surface area contributed by atoms with E-state index in [0.717, 1.165) is 11.5 Å². The maximum Gasteiger partial charge on any atom is 0.310 e. The van der Waals surface area contributed by atoms with Gasteiger partial charge in [-0.2, -0.15) is 0 Å². The van der Waals surface area contributed by atoms with Gasteiger partial charge in [-0.15, -0.1) is 5.10 Å². The summed E-state index contributed by atoms with van der Waals surface area (Å²) in [5.74, 6) is -1.52. The molecule has 14 heavy (non-hydrogen) atoms. The minimum atomic E-state index is -0.856. The van der Waals surface area contributed by atoms with E-state index in [9.17, 15) is 9.59 Å². The zero-order chi connectivity index (χ0) is 10.1. The van der Waals surface area contributed by atoms with Crippen molar-refractivity contribution in [2.75, 3.05) is 13.1 Å². The lowest BCUT2D eigenvalue weighted by atomic mass is 10.0. The fourth-order valence-electron chi connectivity index (χ4n) is 1.22. The normalized spacial score (nSPS) is 16.4. The monoisotopic (exact) mass is 213 g/mol. The molecule has 1 aliphatic heterocycles. The molecule has 0 atom stereocenters. The number of rotatable bonds is 2. The minimum absolute atomic E-state index is 0.240. The predicted molar refractivity (Wildman–Crippen MR) is 46.9 cm³/mol. The number of hydrogen-bond acceptors (Lipinski definition) is 5.